The van der Waals surface area contributed by atoms with Gasteiger partial charge in [0.15, 0.2) is 0 Å². The van der Waals surface area contributed by atoms with Crippen LogP contribution in [0, 0.1) is 5.92 Å². The van der Waals surface area contributed by atoms with Crippen LogP contribution in [-0.4, -0.2) is 18.2 Å². The van der Waals surface area contributed by atoms with Gasteiger partial charge in [-0.15, -0.1) is 0 Å². The number of rotatable bonds is 0. The Morgan fingerprint density at radius 3 is 2.38 bits per heavy atom. The summed E-state index contributed by atoms with van der Waals surface area (Å²) in [5, 5.41) is 2.43. The third kappa shape index (κ3) is 0.598. The topological polar surface area (TPSA) is 46.2 Å². The van der Waals surface area contributed by atoms with Gasteiger partial charge < -0.3 is 5.32 Å². The van der Waals surface area contributed by atoms with Crippen molar-refractivity contribution < 1.29 is 9.59 Å². The number of hydrogen-bond donors (Lipinski definition) is 1. The Bertz CT molecular complexity index is 141. The Hall–Kier alpha value is -0.860. The molecule has 0 aromatic heterocycles. The van der Waals surface area contributed by atoms with E-state index in [0.29, 0.717) is 6.54 Å². The second-order valence-electron chi connectivity index (χ2n) is 1.98. The molecule has 0 saturated carbocycles. The highest BCUT2D eigenvalue weighted by Gasteiger charge is 2.27. The fourth-order valence-electron chi connectivity index (χ4n) is 0.649. The molecule has 3 heteroatoms. The Kier molecular flexibility index (Phi) is 1.04. The fourth-order valence-corrected chi connectivity index (χ4v) is 0.649. The van der Waals surface area contributed by atoms with Crippen LogP contribution in [0.2, 0.25) is 0 Å². The zero-order valence-corrected chi connectivity index (χ0v) is 4.60. The van der Waals surface area contributed by atoms with E-state index in [-0.39, 0.29) is 11.7 Å². The molecule has 1 saturated heterocycles. The van der Waals surface area contributed by atoms with E-state index in [2.05, 4.69) is 5.32 Å². The molecule has 1 fully saturated rings. The van der Waals surface area contributed by atoms with Crippen LogP contribution in [0.5, 0.6) is 0 Å². The van der Waals surface area contributed by atoms with Crippen molar-refractivity contribution in [2.45, 2.75) is 6.92 Å². The number of ketones is 1. The quantitative estimate of drug-likeness (QED) is 0.423. The smallest absolute Gasteiger partial charge is 0.287 e. The summed E-state index contributed by atoms with van der Waals surface area (Å²) in [5.74, 6) is -0.829. The molecule has 0 aromatic rings. The summed E-state index contributed by atoms with van der Waals surface area (Å²) in [6.45, 7) is 2.25. The highest BCUT2D eigenvalue weighted by Crippen LogP contribution is 2.00. The van der Waals surface area contributed by atoms with Gasteiger partial charge in [0.25, 0.3) is 5.91 Å². The van der Waals surface area contributed by atoms with Gasteiger partial charge >= 0.3 is 0 Å². The van der Waals surface area contributed by atoms with Gasteiger partial charge in [-0.05, 0) is 0 Å². The van der Waals surface area contributed by atoms with Gasteiger partial charge in [0, 0.05) is 12.5 Å². The molecule has 3 nitrogen and oxygen atoms in total. The summed E-state index contributed by atoms with van der Waals surface area (Å²) in [7, 11) is 0. The summed E-state index contributed by atoms with van der Waals surface area (Å²) < 4.78 is 0. The van der Waals surface area contributed by atoms with Crippen LogP contribution in [0.15, 0.2) is 0 Å². The monoisotopic (exact) mass is 113 g/mol. The number of amides is 1. The van der Waals surface area contributed by atoms with E-state index in [1.54, 1.807) is 6.92 Å². The van der Waals surface area contributed by atoms with Gasteiger partial charge in [-0.2, -0.15) is 0 Å². The standard InChI is InChI=1S/C5H7NO2/c1-3-2-6-5(8)4(3)7/h3H,2H2,1H3,(H,6,8). The van der Waals surface area contributed by atoms with Gasteiger partial charge in [0.1, 0.15) is 0 Å². The van der Waals surface area contributed by atoms with Crippen molar-refractivity contribution in [1.29, 1.82) is 0 Å². The maximum atomic E-state index is 10.5. The molecule has 0 bridgehead atoms. The Labute approximate surface area is 47.1 Å². The molecule has 1 heterocycles. The SMILES string of the molecule is CC1CNC(=O)C1=O. The molecule has 1 amide bonds. The predicted octanol–water partition coefficient (Wildman–Crippen LogP) is -0.679. The minimum atomic E-state index is -0.433. The summed E-state index contributed by atoms with van der Waals surface area (Å²) in [6, 6.07) is 0. The first-order valence-electron chi connectivity index (χ1n) is 2.54. The molecular formula is C5H7NO2. The van der Waals surface area contributed by atoms with E-state index in [1.807, 2.05) is 0 Å². The lowest BCUT2D eigenvalue weighted by molar-refractivity contribution is -0.136. The van der Waals surface area contributed by atoms with Crippen LogP contribution < -0.4 is 5.32 Å². The van der Waals surface area contributed by atoms with E-state index in [0.717, 1.165) is 0 Å². The lowest BCUT2D eigenvalue weighted by Crippen LogP contribution is -2.18. The Balaban J connectivity index is 2.71. The summed E-state index contributed by atoms with van der Waals surface area (Å²) in [4.78, 5) is 20.8. The van der Waals surface area contributed by atoms with Crippen LogP contribution >= 0.6 is 0 Å². The van der Waals surface area contributed by atoms with Crippen molar-refractivity contribution in [2.75, 3.05) is 6.54 Å². The molecule has 1 N–H and O–H groups in total. The lowest BCUT2D eigenvalue weighted by atomic mass is 10.1. The van der Waals surface area contributed by atoms with Crippen molar-refractivity contribution >= 4 is 11.7 Å². The molecule has 1 aliphatic rings. The van der Waals surface area contributed by atoms with Crippen molar-refractivity contribution in [2.24, 2.45) is 5.92 Å². The van der Waals surface area contributed by atoms with Crippen molar-refractivity contribution in [3.63, 3.8) is 0 Å². The molecule has 1 unspecified atom stereocenters. The molecule has 0 spiro atoms. The van der Waals surface area contributed by atoms with Gasteiger partial charge in [0.05, 0.1) is 0 Å². The molecular weight excluding hydrogens is 106 g/mol. The van der Waals surface area contributed by atoms with Gasteiger partial charge in [0.2, 0.25) is 5.78 Å². The Morgan fingerprint density at radius 2 is 2.25 bits per heavy atom. The maximum absolute atomic E-state index is 10.5. The molecule has 1 rings (SSSR count). The molecule has 1 atom stereocenters. The van der Waals surface area contributed by atoms with Crippen LogP contribution in [0.25, 0.3) is 0 Å². The molecule has 0 aromatic carbocycles. The molecule has 8 heavy (non-hydrogen) atoms. The molecule has 0 radical (unpaired) electrons. The molecule has 44 valence electrons. The van der Waals surface area contributed by atoms with E-state index in [1.165, 1.54) is 0 Å². The normalized spacial score (nSPS) is 28.4. The average Bonchev–Trinajstić information content (AvgIpc) is 1.98. The van der Waals surface area contributed by atoms with Crippen LogP contribution in [0.3, 0.4) is 0 Å². The Morgan fingerprint density at radius 1 is 1.62 bits per heavy atom. The number of hydrogen-bond acceptors (Lipinski definition) is 2. The first kappa shape index (κ1) is 5.28. The third-order valence-electron chi connectivity index (χ3n) is 1.24. The van der Waals surface area contributed by atoms with Crippen molar-refractivity contribution in [1.82, 2.24) is 5.32 Å². The van der Waals surface area contributed by atoms with Gasteiger partial charge in [-0.1, -0.05) is 6.92 Å². The minimum Gasteiger partial charge on any atom is -0.349 e. The van der Waals surface area contributed by atoms with E-state index < -0.39 is 5.91 Å². The lowest BCUT2D eigenvalue weighted by Gasteiger charge is -1.87. The second-order valence-corrected chi connectivity index (χ2v) is 1.98. The van der Waals surface area contributed by atoms with Gasteiger partial charge in [-0.3, -0.25) is 9.59 Å². The third-order valence-corrected chi connectivity index (χ3v) is 1.24. The highest BCUT2D eigenvalue weighted by molar-refractivity contribution is 6.38. The number of carbonyl (C=O) groups is 2. The minimum absolute atomic E-state index is 0.109. The van der Waals surface area contributed by atoms with E-state index in [9.17, 15) is 9.59 Å². The summed E-state index contributed by atoms with van der Waals surface area (Å²) in [6.07, 6.45) is 0. The predicted molar refractivity (Wildman–Crippen MR) is 27.2 cm³/mol. The fraction of sp³-hybridized carbons (Fsp3) is 0.600. The molecule has 1 aliphatic heterocycles. The van der Waals surface area contributed by atoms with Crippen LogP contribution in [0.1, 0.15) is 6.92 Å². The number of carbonyl (C=O) groups excluding carboxylic acids is 2. The van der Waals surface area contributed by atoms with E-state index in [4.69, 9.17) is 0 Å². The van der Waals surface area contributed by atoms with Crippen molar-refractivity contribution in [3.05, 3.63) is 0 Å². The molecule has 0 aliphatic carbocycles. The second kappa shape index (κ2) is 1.58. The summed E-state index contributed by atoms with van der Waals surface area (Å²) in [5.41, 5.74) is 0. The first-order valence-corrected chi connectivity index (χ1v) is 2.54. The average molecular weight is 113 g/mol. The van der Waals surface area contributed by atoms with Crippen LogP contribution in [-0.2, 0) is 9.59 Å². The zero-order chi connectivity index (χ0) is 6.15. The number of nitrogens with one attached hydrogen (secondary N) is 1. The number of Topliss-reactive ketones (excluding diaryl/α,β-unsaturated/α-hetero) is 1. The summed E-state index contributed by atoms with van der Waals surface area (Å²) >= 11 is 0. The van der Waals surface area contributed by atoms with Crippen LogP contribution in [0.4, 0.5) is 0 Å². The van der Waals surface area contributed by atoms with Gasteiger partial charge in [-0.25, -0.2) is 0 Å². The van der Waals surface area contributed by atoms with E-state index >= 15 is 0 Å². The zero-order valence-electron chi connectivity index (χ0n) is 4.60. The first-order chi connectivity index (χ1) is 3.72. The van der Waals surface area contributed by atoms with Crippen molar-refractivity contribution in [3.8, 4) is 0 Å². The largest absolute Gasteiger partial charge is 0.349 e. The maximum Gasteiger partial charge on any atom is 0.287 e. The highest BCUT2D eigenvalue weighted by atomic mass is 16.2.